The number of hydrogen-bond acceptors (Lipinski definition) is 8. The lowest BCUT2D eigenvalue weighted by molar-refractivity contribution is -0.0292. The molecule has 1 aromatic carbocycles. The second-order valence-electron chi connectivity index (χ2n) is 8.52. The number of rotatable bonds is 5. The van der Waals surface area contributed by atoms with Crippen molar-refractivity contribution >= 4 is 28.2 Å². The second kappa shape index (κ2) is 7.95. The van der Waals surface area contributed by atoms with Crippen LogP contribution in [0.2, 0.25) is 5.02 Å². The van der Waals surface area contributed by atoms with Gasteiger partial charge < -0.3 is 18.6 Å². The lowest BCUT2D eigenvalue weighted by Crippen LogP contribution is -2.25. The Bertz CT molecular complexity index is 1480. The third-order valence-electron chi connectivity index (χ3n) is 5.88. The molecule has 5 rings (SSSR count). The van der Waals surface area contributed by atoms with Gasteiger partial charge in [0.05, 0.1) is 33.8 Å². The number of fused-ring (bicyclic) bond motifs is 3. The van der Waals surface area contributed by atoms with Crippen LogP contribution in [0.15, 0.2) is 27.8 Å². The highest BCUT2D eigenvalue weighted by Gasteiger charge is 2.36. The van der Waals surface area contributed by atoms with Gasteiger partial charge in [0.1, 0.15) is 29.7 Å². The number of methoxy groups -OCH3 is 1. The summed E-state index contributed by atoms with van der Waals surface area (Å²) < 4.78 is 19.7. The van der Waals surface area contributed by atoms with Crippen molar-refractivity contribution in [3.8, 4) is 17.6 Å². The number of imidazole rings is 1. The first-order chi connectivity index (χ1) is 15.8. The zero-order chi connectivity index (χ0) is 23.3. The Morgan fingerprint density at radius 3 is 2.88 bits per heavy atom. The lowest BCUT2D eigenvalue weighted by Gasteiger charge is -2.17. The molecule has 4 aromatic rings. The highest BCUT2D eigenvalue weighted by molar-refractivity contribution is 6.32. The molecule has 0 aliphatic carbocycles. The van der Waals surface area contributed by atoms with Gasteiger partial charge in [-0.1, -0.05) is 16.8 Å². The molecule has 0 bridgehead atoms. The standard InChI is InChI=1S/C22H21ClN6O4/c1-22(2)7-6-15(32-22)20-26-19(27-33-20)16-18-21(30)28(8-9-31-3)17-12(10-24)13(23)4-5-14(17)29(18)11-25-16/h4-5,11,15H,6-9H2,1-3H3. The highest BCUT2D eigenvalue weighted by atomic mass is 35.5. The summed E-state index contributed by atoms with van der Waals surface area (Å²) in [5.41, 5.74) is 1.16. The van der Waals surface area contributed by atoms with Gasteiger partial charge in [-0.3, -0.25) is 9.20 Å². The second-order valence-corrected chi connectivity index (χ2v) is 8.93. The van der Waals surface area contributed by atoms with Gasteiger partial charge in [0, 0.05) is 13.7 Å². The Kier molecular flexibility index (Phi) is 5.20. The molecule has 0 amide bonds. The first-order valence-corrected chi connectivity index (χ1v) is 10.9. The van der Waals surface area contributed by atoms with Gasteiger partial charge in [0.15, 0.2) is 0 Å². The SMILES string of the molecule is COCCn1c(=O)c2c(-c3noc(C4CCC(C)(C)O4)n3)ncn2c2ccc(Cl)c(C#N)c21. The maximum absolute atomic E-state index is 13.6. The third kappa shape index (κ3) is 3.49. The smallest absolute Gasteiger partial charge is 0.277 e. The Morgan fingerprint density at radius 1 is 1.36 bits per heavy atom. The summed E-state index contributed by atoms with van der Waals surface area (Å²) in [5.74, 6) is 0.556. The molecule has 1 fully saturated rings. The van der Waals surface area contributed by atoms with Crippen LogP contribution < -0.4 is 5.56 Å². The maximum Gasteiger partial charge on any atom is 0.277 e. The molecule has 1 atom stereocenters. The van der Waals surface area contributed by atoms with Gasteiger partial charge in [-0.15, -0.1) is 0 Å². The predicted octanol–water partition coefficient (Wildman–Crippen LogP) is 3.50. The summed E-state index contributed by atoms with van der Waals surface area (Å²) in [6.07, 6.45) is 2.86. The van der Waals surface area contributed by atoms with Crippen molar-refractivity contribution < 1.29 is 14.0 Å². The Balaban J connectivity index is 1.71. The maximum atomic E-state index is 13.6. The van der Waals surface area contributed by atoms with E-state index in [0.29, 0.717) is 16.9 Å². The normalized spacial score (nSPS) is 17.7. The van der Waals surface area contributed by atoms with Crippen LogP contribution in [0.1, 0.15) is 44.2 Å². The molecule has 10 nitrogen and oxygen atoms in total. The molecule has 0 N–H and O–H groups in total. The Hall–Kier alpha value is -3.26. The molecule has 0 radical (unpaired) electrons. The van der Waals surface area contributed by atoms with Crippen LogP contribution in [0, 0.1) is 11.3 Å². The fourth-order valence-corrected chi connectivity index (χ4v) is 4.47. The van der Waals surface area contributed by atoms with Crippen molar-refractivity contribution in [3.63, 3.8) is 0 Å². The number of nitrogens with zero attached hydrogens (tertiary/aromatic N) is 6. The molecule has 0 saturated carbocycles. The van der Waals surface area contributed by atoms with Gasteiger partial charge in [0.25, 0.3) is 11.4 Å². The van der Waals surface area contributed by atoms with E-state index in [1.807, 2.05) is 13.8 Å². The highest BCUT2D eigenvalue weighted by Crippen LogP contribution is 2.38. The van der Waals surface area contributed by atoms with E-state index in [1.165, 1.54) is 10.9 Å². The van der Waals surface area contributed by atoms with E-state index in [0.717, 1.165) is 12.8 Å². The van der Waals surface area contributed by atoms with E-state index in [1.54, 1.807) is 23.6 Å². The van der Waals surface area contributed by atoms with Gasteiger partial charge in [-0.2, -0.15) is 10.2 Å². The van der Waals surface area contributed by atoms with Crippen LogP contribution in [-0.2, 0) is 16.0 Å². The van der Waals surface area contributed by atoms with E-state index < -0.39 is 0 Å². The molecule has 11 heteroatoms. The average molecular weight is 469 g/mol. The number of aromatic nitrogens is 5. The summed E-state index contributed by atoms with van der Waals surface area (Å²) in [7, 11) is 1.54. The number of ether oxygens (including phenoxy) is 2. The minimum atomic E-state index is -0.365. The number of benzene rings is 1. The molecule has 0 spiro atoms. The van der Waals surface area contributed by atoms with Crippen molar-refractivity contribution in [2.75, 3.05) is 13.7 Å². The molecule has 1 aliphatic rings. The van der Waals surface area contributed by atoms with Crippen molar-refractivity contribution in [3.05, 3.63) is 45.3 Å². The number of hydrogen-bond donors (Lipinski definition) is 0. The number of halogens is 1. The van der Waals surface area contributed by atoms with Crippen LogP contribution in [0.25, 0.3) is 28.1 Å². The quantitative estimate of drug-likeness (QED) is 0.436. The molecule has 3 aromatic heterocycles. The van der Waals surface area contributed by atoms with Gasteiger partial charge in [0.2, 0.25) is 5.82 Å². The fourth-order valence-electron chi connectivity index (χ4n) is 4.27. The van der Waals surface area contributed by atoms with Crippen molar-refractivity contribution in [1.29, 1.82) is 5.26 Å². The number of nitriles is 1. The molecule has 170 valence electrons. The Morgan fingerprint density at radius 2 is 2.18 bits per heavy atom. The average Bonchev–Trinajstić information content (AvgIpc) is 3.51. The largest absolute Gasteiger partial charge is 0.383 e. The van der Waals surface area contributed by atoms with E-state index in [-0.39, 0.29) is 58.0 Å². The van der Waals surface area contributed by atoms with Gasteiger partial charge in [-0.05, 0) is 38.8 Å². The summed E-state index contributed by atoms with van der Waals surface area (Å²) in [6, 6.07) is 5.48. The van der Waals surface area contributed by atoms with Crippen LogP contribution in [0.4, 0.5) is 0 Å². The predicted molar refractivity (Wildman–Crippen MR) is 119 cm³/mol. The monoisotopic (exact) mass is 468 g/mol. The molecular formula is C22H21ClN6O4. The zero-order valence-electron chi connectivity index (χ0n) is 18.3. The summed E-state index contributed by atoms with van der Waals surface area (Å²) in [4.78, 5) is 22.5. The van der Waals surface area contributed by atoms with Gasteiger partial charge in [-0.25, -0.2) is 4.98 Å². The van der Waals surface area contributed by atoms with Crippen molar-refractivity contribution in [2.24, 2.45) is 0 Å². The zero-order valence-corrected chi connectivity index (χ0v) is 19.1. The van der Waals surface area contributed by atoms with Crippen molar-refractivity contribution in [2.45, 2.75) is 44.9 Å². The Labute approximate surface area is 193 Å². The molecule has 33 heavy (non-hydrogen) atoms. The van der Waals surface area contributed by atoms with E-state index in [9.17, 15) is 10.1 Å². The summed E-state index contributed by atoms with van der Waals surface area (Å²) in [5, 5.41) is 14.0. The molecule has 1 unspecified atom stereocenters. The molecule has 4 heterocycles. The first kappa shape index (κ1) is 21.6. The van der Waals surface area contributed by atoms with Crippen LogP contribution in [0.3, 0.4) is 0 Å². The molecule has 1 aliphatic heterocycles. The first-order valence-electron chi connectivity index (χ1n) is 10.5. The van der Waals surface area contributed by atoms with Crippen LogP contribution >= 0.6 is 11.6 Å². The van der Waals surface area contributed by atoms with E-state index in [4.69, 9.17) is 25.6 Å². The third-order valence-corrected chi connectivity index (χ3v) is 6.20. The van der Waals surface area contributed by atoms with E-state index >= 15 is 0 Å². The van der Waals surface area contributed by atoms with Crippen molar-refractivity contribution in [1.82, 2.24) is 24.1 Å². The van der Waals surface area contributed by atoms with Crippen LogP contribution in [0.5, 0.6) is 0 Å². The molecular weight excluding hydrogens is 448 g/mol. The summed E-state index contributed by atoms with van der Waals surface area (Å²) in [6.45, 7) is 4.53. The van der Waals surface area contributed by atoms with Gasteiger partial charge >= 0.3 is 0 Å². The lowest BCUT2D eigenvalue weighted by atomic mass is 10.1. The molecule has 1 saturated heterocycles. The fraction of sp³-hybridized carbons (Fsp3) is 0.409. The minimum Gasteiger partial charge on any atom is -0.383 e. The van der Waals surface area contributed by atoms with Crippen LogP contribution in [-0.4, -0.2) is 43.4 Å². The topological polar surface area (TPSA) is 120 Å². The summed E-state index contributed by atoms with van der Waals surface area (Å²) >= 11 is 6.26. The minimum absolute atomic E-state index is 0.199. The van der Waals surface area contributed by atoms with E-state index in [2.05, 4.69) is 21.2 Å².